The second-order valence-electron chi connectivity index (χ2n) is 4.87. The number of hydrazine groups is 1. The van der Waals surface area contributed by atoms with Gasteiger partial charge < -0.3 is 4.74 Å². The van der Waals surface area contributed by atoms with Crippen molar-refractivity contribution in [2.75, 3.05) is 6.61 Å². The second-order valence-corrected chi connectivity index (χ2v) is 5.27. The van der Waals surface area contributed by atoms with Crippen LogP contribution in [0.4, 0.5) is 5.69 Å². The zero-order chi connectivity index (χ0) is 18.9. The van der Waals surface area contributed by atoms with Gasteiger partial charge in [0.05, 0.1) is 4.92 Å². The van der Waals surface area contributed by atoms with E-state index >= 15 is 0 Å². The number of thiocarbonyl (C=S) groups is 1. The van der Waals surface area contributed by atoms with Gasteiger partial charge in [0.1, 0.15) is 5.75 Å². The monoisotopic (exact) mass is 374 g/mol. The quantitative estimate of drug-likeness (QED) is 0.410. The van der Waals surface area contributed by atoms with E-state index in [1.165, 1.54) is 18.2 Å². The lowest BCUT2D eigenvalue weighted by Crippen LogP contribution is -2.49. The Bertz CT molecular complexity index is 828. The van der Waals surface area contributed by atoms with Crippen LogP contribution in [0.1, 0.15) is 10.4 Å². The molecule has 0 unspecified atom stereocenters. The van der Waals surface area contributed by atoms with Crippen molar-refractivity contribution in [2.45, 2.75) is 0 Å². The van der Waals surface area contributed by atoms with E-state index in [-0.39, 0.29) is 23.0 Å². The highest BCUT2D eigenvalue weighted by atomic mass is 32.1. The van der Waals surface area contributed by atoms with Gasteiger partial charge >= 0.3 is 0 Å². The fourth-order valence-electron chi connectivity index (χ4n) is 1.81. The summed E-state index contributed by atoms with van der Waals surface area (Å²) >= 11 is 4.88. The first-order valence-corrected chi connectivity index (χ1v) is 7.69. The highest BCUT2D eigenvalue weighted by Gasteiger charge is 2.12. The summed E-state index contributed by atoms with van der Waals surface area (Å²) in [6, 6.07) is 13.9. The lowest BCUT2D eigenvalue weighted by Gasteiger charge is -2.11. The Labute approximate surface area is 153 Å². The maximum Gasteiger partial charge on any atom is 0.270 e. The SMILES string of the molecule is O=C(COc1ccccc1)NC(=S)NNC(=O)c1cccc([N+](=O)[O-])c1. The van der Waals surface area contributed by atoms with Gasteiger partial charge in [0.2, 0.25) is 0 Å². The van der Waals surface area contributed by atoms with Crippen molar-refractivity contribution in [3.05, 3.63) is 70.3 Å². The van der Waals surface area contributed by atoms with E-state index in [4.69, 9.17) is 17.0 Å². The summed E-state index contributed by atoms with van der Waals surface area (Å²) in [4.78, 5) is 33.7. The summed E-state index contributed by atoms with van der Waals surface area (Å²) < 4.78 is 5.25. The predicted molar refractivity (Wildman–Crippen MR) is 96.4 cm³/mol. The zero-order valence-corrected chi connectivity index (χ0v) is 14.1. The third-order valence-corrected chi connectivity index (χ3v) is 3.18. The van der Waals surface area contributed by atoms with Gasteiger partial charge in [-0.25, -0.2) is 0 Å². The lowest BCUT2D eigenvalue weighted by atomic mass is 10.2. The van der Waals surface area contributed by atoms with Gasteiger partial charge in [0.25, 0.3) is 17.5 Å². The first-order valence-electron chi connectivity index (χ1n) is 7.28. The number of carbonyl (C=O) groups excluding carboxylic acids is 2. The fraction of sp³-hybridized carbons (Fsp3) is 0.0625. The number of amides is 2. The van der Waals surface area contributed by atoms with Gasteiger partial charge in [0, 0.05) is 17.7 Å². The summed E-state index contributed by atoms with van der Waals surface area (Å²) in [6.07, 6.45) is 0. The molecule has 2 aromatic carbocycles. The Balaban J connectivity index is 1.77. The predicted octanol–water partition coefficient (Wildman–Crippen LogP) is 1.31. The van der Waals surface area contributed by atoms with Gasteiger partial charge in [-0.15, -0.1) is 0 Å². The highest BCUT2D eigenvalue weighted by Crippen LogP contribution is 2.12. The number of nitro groups is 1. The number of carbonyl (C=O) groups is 2. The Morgan fingerprint density at radius 1 is 1.08 bits per heavy atom. The van der Waals surface area contributed by atoms with Crippen LogP contribution < -0.4 is 20.9 Å². The van der Waals surface area contributed by atoms with Crippen LogP contribution in [0.3, 0.4) is 0 Å². The van der Waals surface area contributed by atoms with E-state index < -0.39 is 16.7 Å². The van der Waals surface area contributed by atoms with Crippen molar-refractivity contribution < 1.29 is 19.2 Å². The van der Waals surface area contributed by atoms with E-state index in [1.807, 2.05) is 6.07 Å². The summed E-state index contributed by atoms with van der Waals surface area (Å²) in [5.74, 6) is -0.637. The molecule has 2 rings (SSSR count). The molecule has 10 heteroatoms. The third-order valence-electron chi connectivity index (χ3n) is 2.97. The van der Waals surface area contributed by atoms with E-state index in [1.54, 1.807) is 24.3 Å². The molecule has 3 N–H and O–H groups in total. The number of ether oxygens (including phenoxy) is 1. The number of non-ortho nitro benzene ring substituents is 1. The van der Waals surface area contributed by atoms with Crippen molar-refractivity contribution in [1.29, 1.82) is 0 Å². The van der Waals surface area contributed by atoms with E-state index in [9.17, 15) is 19.7 Å². The van der Waals surface area contributed by atoms with Crippen LogP contribution in [0.15, 0.2) is 54.6 Å². The molecule has 0 fully saturated rings. The minimum Gasteiger partial charge on any atom is -0.484 e. The Hall–Kier alpha value is -3.53. The molecular formula is C16H14N4O5S. The van der Waals surface area contributed by atoms with Crippen LogP contribution in [-0.4, -0.2) is 28.5 Å². The summed E-state index contributed by atoms with van der Waals surface area (Å²) in [6.45, 7) is -0.259. The summed E-state index contributed by atoms with van der Waals surface area (Å²) in [5.41, 5.74) is 4.42. The molecule has 0 aliphatic heterocycles. The molecule has 2 aromatic rings. The standard InChI is InChI=1S/C16H14N4O5S/c21-14(10-25-13-7-2-1-3-8-13)17-16(26)19-18-15(22)11-5-4-6-12(9-11)20(23)24/h1-9H,10H2,(H,18,22)(H2,17,19,21,26). The van der Waals surface area contributed by atoms with Crippen LogP contribution in [0.2, 0.25) is 0 Å². The number of nitrogens with zero attached hydrogens (tertiary/aromatic N) is 1. The number of hydrogen-bond donors (Lipinski definition) is 3. The summed E-state index contributed by atoms with van der Waals surface area (Å²) in [7, 11) is 0. The van der Waals surface area contributed by atoms with E-state index in [0.29, 0.717) is 5.75 Å². The normalized spacial score (nSPS) is 9.69. The average Bonchev–Trinajstić information content (AvgIpc) is 2.65. The Morgan fingerprint density at radius 2 is 1.81 bits per heavy atom. The van der Waals surface area contributed by atoms with Crippen LogP contribution in [0, 0.1) is 10.1 Å². The molecule has 0 bridgehead atoms. The minimum absolute atomic E-state index is 0.0632. The molecule has 0 radical (unpaired) electrons. The molecule has 0 atom stereocenters. The Morgan fingerprint density at radius 3 is 2.50 bits per heavy atom. The van der Waals surface area contributed by atoms with Crippen LogP contribution in [0.5, 0.6) is 5.75 Å². The van der Waals surface area contributed by atoms with Gasteiger partial charge in [-0.1, -0.05) is 24.3 Å². The van der Waals surface area contributed by atoms with Crippen LogP contribution >= 0.6 is 12.2 Å². The van der Waals surface area contributed by atoms with E-state index in [0.717, 1.165) is 6.07 Å². The molecule has 9 nitrogen and oxygen atoms in total. The smallest absolute Gasteiger partial charge is 0.270 e. The van der Waals surface area contributed by atoms with Crippen molar-refractivity contribution in [1.82, 2.24) is 16.2 Å². The number of nitro benzene ring substituents is 1. The molecule has 0 aliphatic rings. The molecule has 134 valence electrons. The largest absolute Gasteiger partial charge is 0.484 e. The zero-order valence-electron chi connectivity index (χ0n) is 13.3. The molecule has 0 saturated heterocycles. The summed E-state index contributed by atoms with van der Waals surface area (Å²) in [5, 5.41) is 12.9. The van der Waals surface area contributed by atoms with Crippen molar-refractivity contribution >= 4 is 34.8 Å². The van der Waals surface area contributed by atoms with Crippen LogP contribution in [0.25, 0.3) is 0 Å². The number of para-hydroxylation sites is 1. The van der Waals surface area contributed by atoms with Gasteiger partial charge in [-0.2, -0.15) is 0 Å². The highest BCUT2D eigenvalue weighted by molar-refractivity contribution is 7.80. The van der Waals surface area contributed by atoms with Gasteiger partial charge in [-0.05, 0) is 30.4 Å². The van der Waals surface area contributed by atoms with Crippen molar-refractivity contribution in [3.63, 3.8) is 0 Å². The first kappa shape index (κ1) is 18.8. The van der Waals surface area contributed by atoms with Crippen molar-refractivity contribution in [3.8, 4) is 5.75 Å². The average molecular weight is 374 g/mol. The van der Waals surface area contributed by atoms with Crippen LogP contribution in [-0.2, 0) is 4.79 Å². The number of hydrogen-bond acceptors (Lipinski definition) is 6. The molecule has 0 aliphatic carbocycles. The molecule has 0 heterocycles. The molecule has 0 aromatic heterocycles. The van der Waals surface area contributed by atoms with Crippen molar-refractivity contribution in [2.24, 2.45) is 0 Å². The number of rotatable bonds is 5. The third kappa shape index (κ3) is 5.83. The van der Waals surface area contributed by atoms with E-state index in [2.05, 4.69) is 16.2 Å². The fourth-order valence-corrected chi connectivity index (χ4v) is 1.97. The topological polar surface area (TPSA) is 123 Å². The molecule has 2 amide bonds. The minimum atomic E-state index is -0.647. The molecule has 26 heavy (non-hydrogen) atoms. The molecule has 0 spiro atoms. The second kappa shape index (κ2) is 9.08. The van der Waals surface area contributed by atoms with Gasteiger partial charge in [-0.3, -0.25) is 35.9 Å². The molecule has 0 saturated carbocycles. The number of nitrogens with one attached hydrogen (secondary N) is 3. The number of benzene rings is 2. The lowest BCUT2D eigenvalue weighted by molar-refractivity contribution is -0.384. The first-order chi connectivity index (χ1) is 12.5. The maximum absolute atomic E-state index is 11.9. The molecular weight excluding hydrogens is 360 g/mol. The maximum atomic E-state index is 11.9. The Kier molecular flexibility index (Phi) is 6.57. The van der Waals surface area contributed by atoms with Gasteiger partial charge in [0.15, 0.2) is 11.7 Å².